The molecule has 0 fully saturated rings. The van der Waals surface area contributed by atoms with Crippen molar-refractivity contribution in [3.05, 3.63) is 58.1 Å². The number of non-ortho nitro benzene ring substituents is 1. The number of anilines is 2. The van der Waals surface area contributed by atoms with Crippen LogP contribution in [0.5, 0.6) is 5.75 Å². The maximum Gasteiger partial charge on any atom is 0.273 e. The number of carbonyl (C=O) groups excluding carboxylic acids is 2. The normalized spacial score (nSPS) is 10.4. The minimum absolute atomic E-state index is 0.121. The Labute approximate surface area is 166 Å². The Balaban J connectivity index is 1.83. The third-order valence-corrected chi connectivity index (χ3v) is 3.71. The summed E-state index contributed by atoms with van der Waals surface area (Å²) in [6.45, 7) is 1.64. The van der Waals surface area contributed by atoms with E-state index in [0.29, 0.717) is 5.69 Å². The molecular weight excluding hydrogens is 380 g/mol. The highest BCUT2D eigenvalue weighted by Crippen LogP contribution is 2.28. The number of rotatable bonds is 9. The predicted molar refractivity (Wildman–Crippen MR) is 107 cm³/mol. The lowest BCUT2D eigenvalue weighted by Crippen LogP contribution is -2.18. The lowest BCUT2D eigenvalue weighted by molar-refractivity contribution is -0.384. The highest BCUT2D eigenvalue weighted by Gasteiger charge is 2.12. The van der Waals surface area contributed by atoms with Crippen LogP contribution in [0, 0.1) is 10.1 Å². The molecule has 0 atom stereocenters. The van der Waals surface area contributed by atoms with E-state index in [-0.39, 0.29) is 23.7 Å². The van der Waals surface area contributed by atoms with Crippen molar-refractivity contribution in [1.82, 2.24) is 0 Å². The standard InChI is InChI=1S/C19H20N4O6/c1-3-13-5-4-6-14(9-13)21-19(25)12-29-20-11-18(24)22-16-8-7-15(23(26)27)10-17(16)28-2/h4-11H,3,12H2,1-2H3,(H,21,25)(H,22,24)/b20-11-. The number of benzene rings is 2. The molecule has 2 aromatic rings. The topological polar surface area (TPSA) is 132 Å². The molecule has 0 aliphatic heterocycles. The first kappa shape index (κ1) is 21.4. The minimum Gasteiger partial charge on any atom is -0.494 e. The summed E-state index contributed by atoms with van der Waals surface area (Å²) in [7, 11) is 1.32. The molecule has 0 aromatic heterocycles. The second kappa shape index (κ2) is 10.4. The number of hydrogen-bond acceptors (Lipinski definition) is 7. The van der Waals surface area contributed by atoms with Crippen molar-refractivity contribution in [3.8, 4) is 5.75 Å². The highest BCUT2D eigenvalue weighted by molar-refractivity contribution is 6.31. The Bertz CT molecular complexity index is 929. The fraction of sp³-hybridized carbons (Fsp3) is 0.211. The van der Waals surface area contributed by atoms with Gasteiger partial charge in [0.1, 0.15) is 12.0 Å². The zero-order chi connectivity index (χ0) is 21.2. The molecule has 2 rings (SSSR count). The van der Waals surface area contributed by atoms with Crippen LogP contribution >= 0.6 is 0 Å². The van der Waals surface area contributed by atoms with Crippen LogP contribution in [0.25, 0.3) is 0 Å². The summed E-state index contributed by atoms with van der Waals surface area (Å²) in [6, 6.07) is 11.1. The van der Waals surface area contributed by atoms with E-state index in [4.69, 9.17) is 9.57 Å². The van der Waals surface area contributed by atoms with Crippen molar-refractivity contribution in [3.63, 3.8) is 0 Å². The molecule has 2 N–H and O–H groups in total. The zero-order valence-corrected chi connectivity index (χ0v) is 15.9. The first-order valence-electron chi connectivity index (χ1n) is 8.60. The van der Waals surface area contributed by atoms with Crippen LogP contribution in [0.2, 0.25) is 0 Å². The SMILES string of the molecule is CCc1cccc(NC(=O)CO/N=C\C(=O)Nc2ccc([N+](=O)[O-])cc2OC)c1. The van der Waals surface area contributed by atoms with Crippen LogP contribution in [-0.4, -0.2) is 36.7 Å². The van der Waals surface area contributed by atoms with Crippen molar-refractivity contribution in [2.24, 2.45) is 5.16 Å². The summed E-state index contributed by atoms with van der Waals surface area (Å²) >= 11 is 0. The molecule has 2 aromatic carbocycles. The van der Waals surface area contributed by atoms with Crippen molar-refractivity contribution >= 4 is 35.1 Å². The van der Waals surface area contributed by atoms with Gasteiger partial charge in [-0.1, -0.05) is 24.2 Å². The average Bonchev–Trinajstić information content (AvgIpc) is 2.71. The maximum atomic E-state index is 11.9. The summed E-state index contributed by atoms with van der Waals surface area (Å²) in [5.74, 6) is -0.961. The van der Waals surface area contributed by atoms with E-state index in [1.807, 2.05) is 25.1 Å². The van der Waals surface area contributed by atoms with E-state index in [2.05, 4.69) is 15.8 Å². The Hall–Kier alpha value is -3.95. The van der Waals surface area contributed by atoms with Gasteiger partial charge in [0, 0.05) is 11.8 Å². The lowest BCUT2D eigenvalue weighted by Gasteiger charge is -2.08. The molecule has 0 saturated heterocycles. The van der Waals surface area contributed by atoms with E-state index in [1.54, 1.807) is 6.07 Å². The van der Waals surface area contributed by atoms with E-state index in [0.717, 1.165) is 18.2 Å². The van der Waals surface area contributed by atoms with Crippen LogP contribution in [0.3, 0.4) is 0 Å². The smallest absolute Gasteiger partial charge is 0.273 e. The molecule has 152 valence electrons. The zero-order valence-electron chi connectivity index (χ0n) is 15.9. The Morgan fingerprint density at radius 2 is 2.00 bits per heavy atom. The number of ether oxygens (including phenoxy) is 1. The van der Waals surface area contributed by atoms with Gasteiger partial charge in [-0.05, 0) is 30.2 Å². The average molecular weight is 400 g/mol. The molecule has 0 aliphatic carbocycles. The maximum absolute atomic E-state index is 11.9. The number of nitro benzene ring substituents is 1. The molecule has 0 heterocycles. The molecule has 10 nitrogen and oxygen atoms in total. The second-order valence-corrected chi connectivity index (χ2v) is 5.74. The molecule has 29 heavy (non-hydrogen) atoms. The molecule has 0 bridgehead atoms. The first-order chi connectivity index (χ1) is 13.9. The van der Waals surface area contributed by atoms with Gasteiger partial charge in [0.05, 0.1) is 23.8 Å². The molecule has 0 radical (unpaired) electrons. The first-order valence-corrected chi connectivity index (χ1v) is 8.60. The summed E-state index contributed by atoms with van der Waals surface area (Å²) in [5, 5.41) is 19.3. The lowest BCUT2D eigenvalue weighted by atomic mass is 10.1. The van der Waals surface area contributed by atoms with Gasteiger partial charge in [-0.25, -0.2) is 0 Å². The molecule has 2 amide bonds. The number of carbonyl (C=O) groups is 2. The molecule has 0 spiro atoms. The summed E-state index contributed by atoms with van der Waals surface area (Å²) < 4.78 is 5.02. The van der Waals surface area contributed by atoms with Crippen molar-refractivity contribution < 1.29 is 24.1 Å². The van der Waals surface area contributed by atoms with Gasteiger partial charge in [0.25, 0.3) is 17.5 Å². The number of nitrogens with zero attached hydrogens (tertiary/aromatic N) is 2. The van der Waals surface area contributed by atoms with Gasteiger partial charge in [0.2, 0.25) is 0 Å². The summed E-state index contributed by atoms with van der Waals surface area (Å²) in [4.78, 5) is 38.7. The quantitative estimate of drug-likeness (QED) is 0.378. The molecule has 0 saturated carbocycles. The van der Waals surface area contributed by atoms with Crippen molar-refractivity contribution in [2.45, 2.75) is 13.3 Å². The molecular formula is C19H20N4O6. The van der Waals surface area contributed by atoms with E-state index in [1.165, 1.54) is 25.3 Å². The number of nitrogens with one attached hydrogen (secondary N) is 2. The number of methoxy groups -OCH3 is 1. The van der Waals surface area contributed by atoms with Gasteiger partial charge in [-0.2, -0.15) is 0 Å². The van der Waals surface area contributed by atoms with E-state index < -0.39 is 16.7 Å². The van der Waals surface area contributed by atoms with Gasteiger partial charge in [-0.3, -0.25) is 19.7 Å². The van der Waals surface area contributed by atoms with Gasteiger partial charge >= 0.3 is 0 Å². The van der Waals surface area contributed by atoms with Crippen LogP contribution < -0.4 is 15.4 Å². The summed E-state index contributed by atoms with van der Waals surface area (Å²) in [6.07, 6.45) is 1.69. The highest BCUT2D eigenvalue weighted by atomic mass is 16.6. The van der Waals surface area contributed by atoms with E-state index >= 15 is 0 Å². The van der Waals surface area contributed by atoms with Crippen molar-refractivity contribution in [1.29, 1.82) is 0 Å². The molecule has 0 unspecified atom stereocenters. The Kier molecular flexibility index (Phi) is 7.66. The fourth-order valence-corrected chi connectivity index (χ4v) is 2.31. The van der Waals surface area contributed by atoms with Gasteiger partial charge in [0.15, 0.2) is 6.61 Å². The van der Waals surface area contributed by atoms with Crippen LogP contribution in [0.4, 0.5) is 17.1 Å². The number of oxime groups is 1. The van der Waals surface area contributed by atoms with Crippen LogP contribution in [-0.2, 0) is 20.8 Å². The van der Waals surface area contributed by atoms with Gasteiger partial charge in [-0.15, -0.1) is 0 Å². The van der Waals surface area contributed by atoms with Crippen molar-refractivity contribution in [2.75, 3.05) is 24.4 Å². The predicted octanol–water partition coefficient (Wildman–Crippen LogP) is 2.75. The monoisotopic (exact) mass is 400 g/mol. The number of amides is 2. The van der Waals surface area contributed by atoms with Crippen LogP contribution in [0.15, 0.2) is 47.6 Å². The number of hydrogen-bond donors (Lipinski definition) is 2. The third-order valence-electron chi connectivity index (χ3n) is 3.71. The Morgan fingerprint density at radius 1 is 1.21 bits per heavy atom. The summed E-state index contributed by atoms with van der Waals surface area (Å²) in [5.41, 5.74) is 1.78. The third kappa shape index (κ3) is 6.61. The minimum atomic E-state index is -0.659. The van der Waals surface area contributed by atoms with Gasteiger partial charge < -0.3 is 20.2 Å². The molecule has 0 aliphatic rings. The number of nitro groups is 1. The fourth-order valence-electron chi connectivity index (χ4n) is 2.31. The second-order valence-electron chi connectivity index (χ2n) is 5.74. The largest absolute Gasteiger partial charge is 0.494 e. The molecule has 10 heteroatoms. The van der Waals surface area contributed by atoms with Crippen LogP contribution in [0.1, 0.15) is 12.5 Å². The van der Waals surface area contributed by atoms with E-state index in [9.17, 15) is 19.7 Å². The number of aryl methyl sites for hydroxylation is 1. The Morgan fingerprint density at radius 3 is 2.69 bits per heavy atom.